The second kappa shape index (κ2) is 9.27. The summed E-state index contributed by atoms with van der Waals surface area (Å²) in [4.78, 5) is 18.4. The van der Waals surface area contributed by atoms with Gasteiger partial charge >= 0.3 is 6.18 Å². The molecule has 2 aromatic carbocycles. The number of aromatic nitrogens is 1. The van der Waals surface area contributed by atoms with Crippen LogP contribution >= 0.6 is 11.3 Å². The maximum absolute atomic E-state index is 12.9. The molecule has 0 radical (unpaired) electrons. The number of halogens is 3. The molecule has 30 heavy (non-hydrogen) atoms. The Kier molecular flexibility index (Phi) is 6.73. The van der Waals surface area contributed by atoms with Crippen molar-refractivity contribution in [2.24, 2.45) is 0 Å². The first-order chi connectivity index (χ1) is 14.2. The normalized spacial score (nSPS) is 11.5. The smallest absolute Gasteiger partial charge is 0.332 e. The van der Waals surface area contributed by atoms with Crippen molar-refractivity contribution < 1.29 is 18.0 Å². The number of benzene rings is 2. The van der Waals surface area contributed by atoms with Crippen molar-refractivity contribution in [2.45, 2.75) is 12.6 Å². The average Bonchev–Trinajstić information content (AvgIpc) is 3.15. The first kappa shape index (κ1) is 21.8. The Morgan fingerprint density at radius 1 is 1.10 bits per heavy atom. The van der Waals surface area contributed by atoms with Gasteiger partial charge in [0.05, 0.1) is 11.3 Å². The van der Waals surface area contributed by atoms with Crippen molar-refractivity contribution in [3.8, 4) is 11.3 Å². The molecule has 1 amide bonds. The number of nitrogens with one attached hydrogen (secondary N) is 2. The number of hydrogen-bond acceptors (Lipinski definition) is 5. The van der Waals surface area contributed by atoms with Gasteiger partial charge in [0, 0.05) is 35.3 Å². The summed E-state index contributed by atoms with van der Waals surface area (Å²) in [7, 11) is 3.81. The fourth-order valence-electron chi connectivity index (χ4n) is 2.67. The van der Waals surface area contributed by atoms with E-state index in [9.17, 15) is 18.0 Å². The second-order valence-electron chi connectivity index (χ2n) is 6.92. The molecule has 158 valence electrons. The summed E-state index contributed by atoms with van der Waals surface area (Å²) in [6.07, 6.45) is -4.01. The van der Waals surface area contributed by atoms with Crippen molar-refractivity contribution in [2.75, 3.05) is 31.3 Å². The van der Waals surface area contributed by atoms with Gasteiger partial charge in [0.15, 0.2) is 5.13 Å². The van der Waals surface area contributed by atoms with Gasteiger partial charge in [-0.15, -0.1) is 11.3 Å². The van der Waals surface area contributed by atoms with E-state index in [4.69, 9.17) is 0 Å². The van der Waals surface area contributed by atoms with Gasteiger partial charge in [0.25, 0.3) is 0 Å². The Balaban J connectivity index is 1.70. The molecule has 0 atom stereocenters. The minimum Gasteiger partial charge on any atom is -0.332 e. The Bertz CT molecular complexity index is 1020. The maximum atomic E-state index is 12.9. The summed E-state index contributed by atoms with van der Waals surface area (Å²) < 4.78 is 38.6. The van der Waals surface area contributed by atoms with Crippen LogP contribution in [-0.4, -0.2) is 36.4 Å². The highest BCUT2D eigenvalue weighted by molar-refractivity contribution is 7.14. The van der Waals surface area contributed by atoms with Crippen LogP contribution in [0.3, 0.4) is 0 Å². The van der Waals surface area contributed by atoms with E-state index in [1.165, 1.54) is 17.4 Å². The fourth-order valence-corrected chi connectivity index (χ4v) is 3.41. The molecule has 1 aromatic heterocycles. The number of carbonyl (C=O) groups is 1. The van der Waals surface area contributed by atoms with Crippen molar-refractivity contribution in [1.82, 2.24) is 9.88 Å². The molecular weight excluding hydrogens is 413 g/mol. The van der Waals surface area contributed by atoms with Crippen LogP contribution in [0.5, 0.6) is 0 Å². The van der Waals surface area contributed by atoms with E-state index in [0.29, 0.717) is 35.2 Å². The van der Waals surface area contributed by atoms with Gasteiger partial charge in [-0.05, 0) is 44.4 Å². The number of anilines is 3. The van der Waals surface area contributed by atoms with Gasteiger partial charge in [0.2, 0.25) is 5.91 Å². The van der Waals surface area contributed by atoms with Crippen molar-refractivity contribution in [3.05, 3.63) is 59.5 Å². The Hall–Kier alpha value is -2.91. The third-order valence-electron chi connectivity index (χ3n) is 4.17. The van der Waals surface area contributed by atoms with E-state index < -0.39 is 11.7 Å². The SMILES string of the molecule is CN(C)CCC(=O)Nc1cccc(-c2csc(Nc3cccc(C(F)(F)F)c3)n2)c1. The number of carbonyl (C=O) groups excluding carboxylic acids is 1. The molecule has 3 aromatic rings. The van der Waals surface area contributed by atoms with E-state index in [1.807, 2.05) is 42.6 Å². The second-order valence-corrected chi connectivity index (χ2v) is 7.78. The van der Waals surface area contributed by atoms with Crippen LogP contribution in [-0.2, 0) is 11.0 Å². The zero-order valence-electron chi connectivity index (χ0n) is 16.5. The van der Waals surface area contributed by atoms with Crippen LogP contribution < -0.4 is 10.6 Å². The molecule has 0 aliphatic carbocycles. The molecule has 9 heteroatoms. The molecule has 0 fully saturated rings. The molecule has 0 unspecified atom stereocenters. The molecular formula is C21H21F3N4OS. The maximum Gasteiger partial charge on any atom is 0.416 e. The summed E-state index contributed by atoms with van der Waals surface area (Å²) in [6, 6.07) is 12.3. The van der Waals surface area contributed by atoms with Gasteiger partial charge < -0.3 is 15.5 Å². The largest absolute Gasteiger partial charge is 0.416 e. The molecule has 0 saturated carbocycles. The van der Waals surface area contributed by atoms with E-state index in [2.05, 4.69) is 15.6 Å². The summed E-state index contributed by atoms with van der Waals surface area (Å²) in [5.74, 6) is -0.0778. The van der Waals surface area contributed by atoms with E-state index in [1.54, 1.807) is 12.1 Å². The molecule has 0 aliphatic rings. The topological polar surface area (TPSA) is 57.3 Å². The quantitative estimate of drug-likeness (QED) is 0.518. The van der Waals surface area contributed by atoms with Gasteiger partial charge in [-0.3, -0.25) is 4.79 Å². The minimum absolute atomic E-state index is 0.0778. The number of amides is 1. The van der Waals surface area contributed by atoms with E-state index in [-0.39, 0.29) is 5.91 Å². The van der Waals surface area contributed by atoms with Gasteiger partial charge in [-0.25, -0.2) is 4.98 Å². The number of hydrogen-bond donors (Lipinski definition) is 2. The highest BCUT2D eigenvalue weighted by Gasteiger charge is 2.30. The van der Waals surface area contributed by atoms with Crippen LogP contribution in [0.25, 0.3) is 11.3 Å². The number of thiazole rings is 1. The average molecular weight is 434 g/mol. The molecule has 1 heterocycles. The number of nitrogens with zero attached hydrogens (tertiary/aromatic N) is 2. The van der Waals surface area contributed by atoms with Crippen molar-refractivity contribution >= 4 is 33.8 Å². The lowest BCUT2D eigenvalue weighted by atomic mass is 10.1. The van der Waals surface area contributed by atoms with Crippen LogP contribution in [0, 0.1) is 0 Å². The summed E-state index contributed by atoms with van der Waals surface area (Å²) in [5, 5.41) is 8.06. The lowest BCUT2D eigenvalue weighted by Crippen LogP contribution is -2.20. The predicted molar refractivity (Wildman–Crippen MR) is 114 cm³/mol. The van der Waals surface area contributed by atoms with Gasteiger partial charge in [0.1, 0.15) is 0 Å². The molecule has 0 bridgehead atoms. The molecule has 0 aliphatic heterocycles. The highest BCUT2D eigenvalue weighted by Crippen LogP contribution is 2.33. The number of rotatable bonds is 7. The number of alkyl halides is 3. The van der Waals surface area contributed by atoms with Crippen LogP contribution in [0.2, 0.25) is 0 Å². The Morgan fingerprint density at radius 3 is 2.57 bits per heavy atom. The molecule has 2 N–H and O–H groups in total. The van der Waals surface area contributed by atoms with Crippen LogP contribution in [0.1, 0.15) is 12.0 Å². The van der Waals surface area contributed by atoms with E-state index >= 15 is 0 Å². The Morgan fingerprint density at radius 2 is 1.83 bits per heavy atom. The molecule has 0 saturated heterocycles. The van der Waals surface area contributed by atoms with Crippen LogP contribution in [0.15, 0.2) is 53.9 Å². The lowest BCUT2D eigenvalue weighted by Gasteiger charge is -2.10. The van der Waals surface area contributed by atoms with Gasteiger partial charge in [-0.1, -0.05) is 18.2 Å². The zero-order chi connectivity index (χ0) is 21.7. The standard InChI is InChI=1S/C21H21F3N4OS/c1-28(2)10-9-19(29)25-16-7-3-5-14(11-16)18-13-30-20(27-18)26-17-8-4-6-15(12-17)21(22,23)24/h3-8,11-13H,9-10H2,1-2H3,(H,25,29)(H,26,27). The fraction of sp³-hybridized carbons (Fsp3) is 0.238. The summed E-state index contributed by atoms with van der Waals surface area (Å²) >= 11 is 1.29. The predicted octanol–water partition coefficient (Wildman–Crippen LogP) is 5.46. The molecule has 0 spiro atoms. The Labute approximate surface area is 176 Å². The van der Waals surface area contributed by atoms with Crippen molar-refractivity contribution in [3.63, 3.8) is 0 Å². The third-order valence-corrected chi connectivity index (χ3v) is 4.93. The molecule has 5 nitrogen and oxygen atoms in total. The first-order valence-corrected chi connectivity index (χ1v) is 10.0. The van der Waals surface area contributed by atoms with E-state index in [0.717, 1.165) is 17.7 Å². The summed E-state index contributed by atoms with van der Waals surface area (Å²) in [5.41, 5.74) is 1.72. The third kappa shape index (κ3) is 6.04. The zero-order valence-corrected chi connectivity index (χ0v) is 17.3. The highest BCUT2D eigenvalue weighted by atomic mass is 32.1. The monoisotopic (exact) mass is 434 g/mol. The van der Waals surface area contributed by atoms with Gasteiger partial charge in [-0.2, -0.15) is 13.2 Å². The minimum atomic E-state index is -4.40. The van der Waals surface area contributed by atoms with Crippen LogP contribution in [0.4, 0.5) is 29.7 Å². The lowest BCUT2D eigenvalue weighted by molar-refractivity contribution is -0.137. The molecule has 3 rings (SSSR count). The summed E-state index contributed by atoms with van der Waals surface area (Å²) in [6.45, 7) is 0.655. The first-order valence-electron chi connectivity index (χ1n) is 9.15. The van der Waals surface area contributed by atoms with Crippen molar-refractivity contribution in [1.29, 1.82) is 0 Å².